The fraction of sp³-hybridized carbons (Fsp3) is 0.196. The SMILES string of the molecule is COc1ccc(O)c([C@H]2C3=CC[C@@H]4C(=O)N(c5ccc(C(=O)c6ccccc6)cc5)C(=O)[C@@H]4[C@@H]3C[C@H]3C(=O)N(c4cccc(Cl)c4)C(=O)[C@@]23c2ccccc2)c1. The number of rotatable bonds is 7. The molecule has 0 spiro atoms. The van der Waals surface area contributed by atoms with Gasteiger partial charge in [-0.2, -0.15) is 0 Å². The quantitative estimate of drug-likeness (QED) is 0.103. The van der Waals surface area contributed by atoms with Crippen molar-refractivity contribution in [1.82, 2.24) is 0 Å². The fourth-order valence-corrected chi connectivity index (χ4v) is 9.94. The summed E-state index contributed by atoms with van der Waals surface area (Å²) in [5.41, 5.74) is 1.70. The van der Waals surface area contributed by atoms with Crippen LogP contribution in [0.25, 0.3) is 0 Å². The standard InChI is InChI=1S/C46H35ClN2O7/c1-56-32-19-22-38(50)36(24-32)40-33-20-21-34-39(44(54)48(42(34)52)30-17-15-27(16-18-30)41(51)26-9-4-2-5-10-26)35(33)25-37-43(53)49(31-14-8-13-29(47)23-31)45(55)46(37,40)28-11-6-3-7-12-28/h2-20,22-24,34-35,37,39-40,50H,21,25H2,1H3/t34-,35+,37-,39-,40+,46+/m0/s1. The van der Waals surface area contributed by atoms with E-state index in [4.69, 9.17) is 16.3 Å². The van der Waals surface area contributed by atoms with Gasteiger partial charge in [-0.15, -0.1) is 0 Å². The first-order valence-corrected chi connectivity index (χ1v) is 18.9. The third-order valence-electron chi connectivity index (χ3n) is 12.1. The highest BCUT2D eigenvalue weighted by molar-refractivity contribution is 6.32. The number of ketones is 1. The van der Waals surface area contributed by atoms with Gasteiger partial charge in [0.1, 0.15) is 11.5 Å². The number of aromatic hydroxyl groups is 1. The summed E-state index contributed by atoms with van der Waals surface area (Å²) in [4.78, 5) is 74.9. The lowest BCUT2D eigenvalue weighted by molar-refractivity contribution is -0.127. The molecule has 5 aromatic rings. The van der Waals surface area contributed by atoms with Crippen molar-refractivity contribution in [3.63, 3.8) is 0 Å². The molecule has 9 rings (SSSR count). The second-order valence-electron chi connectivity index (χ2n) is 14.8. The van der Waals surface area contributed by atoms with Crippen molar-refractivity contribution in [2.45, 2.75) is 24.2 Å². The minimum atomic E-state index is -1.55. The summed E-state index contributed by atoms with van der Waals surface area (Å²) in [6, 6.07) is 35.8. The predicted molar refractivity (Wildman–Crippen MR) is 210 cm³/mol. The van der Waals surface area contributed by atoms with Gasteiger partial charge in [-0.1, -0.05) is 90.0 Å². The summed E-state index contributed by atoms with van der Waals surface area (Å²) in [5, 5.41) is 12.0. The van der Waals surface area contributed by atoms with E-state index in [1.165, 1.54) is 23.0 Å². The monoisotopic (exact) mass is 762 g/mol. The molecule has 0 bridgehead atoms. The number of fused-ring (bicyclic) bond motifs is 4. The first-order valence-electron chi connectivity index (χ1n) is 18.5. The molecule has 56 heavy (non-hydrogen) atoms. The molecule has 278 valence electrons. The number of phenolic OH excluding ortho intramolecular Hbond substituents is 1. The van der Waals surface area contributed by atoms with Gasteiger partial charge in [0, 0.05) is 27.6 Å². The van der Waals surface area contributed by atoms with Crippen LogP contribution in [0.3, 0.4) is 0 Å². The van der Waals surface area contributed by atoms with E-state index >= 15 is 4.79 Å². The molecule has 4 aliphatic rings. The summed E-state index contributed by atoms with van der Waals surface area (Å²) < 4.78 is 5.62. The zero-order valence-corrected chi connectivity index (χ0v) is 30.9. The zero-order valence-electron chi connectivity index (χ0n) is 30.2. The van der Waals surface area contributed by atoms with Gasteiger partial charge < -0.3 is 9.84 Å². The molecule has 2 aliphatic heterocycles. The Labute approximate surface area is 327 Å². The van der Waals surface area contributed by atoms with Crippen LogP contribution in [0.4, 0.5) is 11.4 Å². The van der Waals surface area contributed by atoms with Gasteiger partial charge in [0.05, 0.1) is 41.7 Å². The van der Waals surface area contributed by atoms with Crippen molar-refractivity contribution in [3.05, 3.63) is 166 Å². The Hall–Kier alpha value is -6.32. The minimum Gasteiger partial charge on any atom is -0.508 e. The van der Waals surface area contributed by atoms with E-state index in [9.17, 15) is 24.3 Å². The molecule has 4 amide bonds. The highest BCUT2D eigenvalue weighted by atomic mass is 35.5. The van der Waals surface area contributed by atoms with Crippen molar-refractivity contribution in [2.75, 3.05) is 16.9 Å². The van der Waals surface area contributed by atoms with Crippen LogP contribution in [0.2, 0.25) is 5.02 Å². The molecule has 2 saturated heterocycles. The summed E-state index contributed by atoms with van der Waals surface area (Å²) in [6.07, 6.45) is 2.24. The minimum absolute atomic E-state index is 0.0993. The second-order valence-corrected chi connectivity index (χ2v) is 15.2. The first kappa shape index (κ1) is 35.4. The van der Waals surface area contributed by atoms with Crippen molar-refractivity contribution < 1.29 is 33.8 Å². The number of hydrogen-bond acceptors (Lipinski definition) is 7. The van der Waals surface area contributed by atoms with Crippen LogP contribution in [0.15, 0.2) is 139 Å². The van der Waals surface area contributed by atoms with Gasteiger partial charge in [-0.05, 0) is 85.0 Å². The summed E-state index contributed by atoms with van der Waals surface area (Å²) in [5.74, 6) is -5.69. The molecular formula is C46H35ClN2O7. The number of carbonyl (C=O) groups is 5. The molecule has 2 heterocycles. The number of amides is 4. The molecule has 0 aromatic heterocycles. The average molecular weight is 763 g/mol. The number of anilines is 2. The van der Waals surface area contributed by atoms with E-state index in [1.54, 1.807) is 84.9 Å². The number of ether oxygens (including phenoxy) is 1. The van der Waals surface area contributed by atoms with E-state index in [0.29, 0.717) is 50.0 Å². The van der Waals surface area contributed by atoms with Gasteiger partial charge in [0.25, 0.3) is 0 Å². The normalized spacial score (nSPS) is 25.4. The number of methoxy groups -OCH3 is 1. The first-order chi connectivity index (χ1) is 27.1. The Kier molecular flexibility index (Phi) is 8.50. The van der Waals surface area contributed by atoms with Gasteiger partial charge in [-0.25, -0.2) is 4.90 Å². The zero-order chi connectivity index (χ0) is 38.9. The maximum atomic E-state index is 15.4. The van der Waals surface area contributed by atoms with Crippen molar-refractivity contribution in [3.8, 4) is 11.5 Å². The third kappa shape index (κ3) is 5.18. The van der Waals surface area contributed by atoms with Crippen molar-refractivity contribution in [2.24, 2.45) is 23.7 Å². The lowest BCUT2D eigenvalue weighted by Crippen LogP contribution is -2.53. The maximum absolute atomic E-state index is 15.4. The van der Waals surface area contributed by atoms with Gasteiger partial charge >= 0.3 is 0 Å². The Balaban J connectivity index is 1.18. The lowest BCUT2D eigenvalue weighted by Gasteiger charge is -2.50. The Bertz CT molecular complexity index is 2480. The number of halogens is 1. The smallest absolute Gasteiger partial charge is 0.246 e. The topological polar surface area (TPSA) is 121 Å². The van der Waals surface area contributed by atoms with E-state index in [1.807, 2.05) is 42.5 Å². The van der Waals surface area contributed by atoms with Crippen LogP contribution in [-0.2, 0) is 24.6 Å². The van der Waals surface area contributed by atoms with E-state index in [0.717, 1.165) is 0 Å². The molecular weight excluding hydrogens is 728 g/mol. The molecule has 2 aliphatic carbocycles. The highest BCUT2D eigenvalue weighted by Gasteiger charge is 2.70. The van der Waals surface area contributed by atoms with Crippen LogP contribution in [-0.4, -0.2) is 41.6 Å². The lowest BCUT2D eigenvalue weighted by atomic mass is 9.49. The molecule has 0 radical (unpaired) electrons. The molecule has 1 N–H and O–H groups in total. The van der Waals surface area contributed by atoms with Crippen molar-refractivity contribution in [1.29, 1.82) is 0 Å². The Morgan fingerprint density at radius 2 is 1.43 bits per heavy atom. The van der Waals surface area contributed by atoms with Crippen LogP contribution < -0.4 is 14.5 Å². The largest absolute Gasteiger partial charge is 0.508 e. The van der Waals surface area contributed by atoms with Gasteiger partial charge in [0.15, 0.2) is 5.78 Å². The molecule has 3 fully saturated rings. The molecule has 1 saturated carbocycles. The number of imide groups is 2. The summed E-state index contributed by atoms with van der Waals surface area (Å²) >= 11 is 6.41. The van der Waals surface area contributed by atoms with E-state index in [-0.39, 0.29) is 30.3 Å². The summed E-state index contributed by atoms with van der Waals surface area (Å²) in [7, 11) is 1.51. The van der Waals surface area contributed by atoms with Crippen LogP contribution in [0.5, 0.6) is 11.5 Å². The number of phenols is 1. The average Bonchev–Trinajstić information content (AvgIpc) is 3.62. The molecule has 0 unspecified atom stereocenters. The van der Waals surface area contributed by atoms with Crippen LogP contribution in [0.1, 0.15) is 45.8 Å². The molecule has 9 nitrogen and oxygen atoms in total. The van der Waals surface area contributed by atoms with Gasteiger partial charge in [-0.3, -0.25) is 28.9 Å². The number of hydrogen-bond donors (Lipinski definition) is 1. The molecule has 6 atom stereocenters. The Morgan fingerprint density at radius 1 is 0.732 bits per heavy atom. The third-order valence-corrected chi connectivity index (χ3v) is 12.4. The summed E-state index contributed by atoms with van der Waals surface area (Å²) in [6.45, 7) is 0. The van der Waals surface area contributed by atoms with Crippen LogP contribution in [0, 0.1) is 23.7 Å². The maximum Gasteiger partial charge on any atom is 0.246 e. The predicted octanol–water partition coefficient (Wildman–Crippen LogP) is 7.65. The molecule has 5 aromatic carbocycles. The number of carbonyl (C=O) groups excluding carboxylic acids is 5. The van der Waals surface area contributed by atoms with Crippen molar-refractivity contribution >= 4 is 52.4 Å². The van der Waals surface area contributed by atoms with Gasteiger partial charge in [0.2, 0.25) is 23.6 Å². The molecule has 10 heteroatoms. The number of benzene rings is 5. The van der Waals surface area contributed by atoms with E-state index < -0.39 is 52.7 Å². The fourth-order valence-electron chi connectivity index (χ4n) is 9.75. The van der Waals surface area contributed by atoms with E-state index in [2.05, 4.69) is 0 Å². The Morgan fingerprint density at radius 3 is 2.12 bits per heavy atom. The second kappa shape index (κ2) is 13.5. The highest BCUT2D eigenvalue weighted by Crippen LogP contribution is 2.65. The van der Waals surface area contributed by atoms with Crippen LogP contribution >= 0.6 is 11.6 Å². The number of allylic oxidation sites excluding steroid dienone is 2. The number of nitrogens with zero attached hydrogens (tertiary/aromatic N) is 2.